The lowest BCUT2D eigenvalue weighted by Crippen LogP contribution is -2.25. The standard InChI is InChI=1S/C13H12Br2N2OS/c1-8-17-12(7-19-8)2-3-16-13(18)9-4-10(14)6-11(15)5-9/h4-7H,2-3H2,1H3,(H,16,18). The summed E-state index contributed by atoms with van der Waals surface area (Å²) in [5, 5.41) is 5.97. The van der Waals surface area contributed by atoms with Gasteiger partial charge in [0.1, 0.15) is 0 Å². The van der Waals surface area contributed by atoms with E-state index in [1.54, 1.807) is 23.5 Å². The number of benzene rings is 1. The zero-order chi connectivity index (χ0) is 13.8. The summed E-state index contributed by atoms with van der Waals surface area (Å²) in [6.07, 6.45) is 0.755. The molecule has 1 amide bonds. The maximum atomic E-state index is 12.0. The molecule has 0 spiro atoms. The summed E-state index contributed by atoms with van der Waals surface area (Å²) >= 11 is 8.37. The monoisotopic (exact) mass is 402 g/mol. The van der Waals surface area contributed by atoms with Crippen molar-refractivity contribution in [3.63, 3.8) is 0 Å². The third-order valence-corrected chi connectivity index (χ3v) is 4.20. The van der Waals surface area contributed by atoms with Crippen molar-refractivity contribution in [2.45, 2.75) is 13.3 Å². The van der Waals surface area contributed by atoms with Gasteiger partial charge in [0.05, 0.1) is 10.7 Å². The van der Waals surface area contributed by atoms with Crippen LogP contribution in [0, 0.1) is 6.92 Å². The number of hydrogen-bond acceptors (Lipinski definition) is 3. The van der Waals surface area contributed by atoms with E-state index in [0.717, 1.165) is 26.1 Å². The Morgan fingerprint density at radius 2 is 2.00 bits per heavy atom. The highest BCUT2D eigenvalue weighted by molar-refractivity contribution is 9.11. The fourth-order valence-corrected chi connectivity index (χ4v) is 3.55. The average Bonchev–Trinajstić information content (AvgIpc) is 2.73. The molecule has 0 bridgehead atoms. The van der Waals surface area contributed by atoms with Crippen molar-refractivity contribution in [2.75, 3.05) is 6.54 Å². The molecule has 0 unspecified atom stereocenters. The van der Waals surface area contributed by atoms with Crippen LogP contribution in [0.15, 0.2) is 32.5 Å². The molecule has 100 valence electrons. The molecule has 1 N–H and O–H groups in total. The van der Waals surface area contributed by atoms with E-state index in [4.69, 9.17) is 0 Å². The molecule has 0 aliphatic rings. The summed E-state index contributed by atoms with van der Waals surface area (Å²) in [5.41, 5.74) is 1.66. The minimum atomic E-state index is -0.0750. The smallest absolute Gasteiger partial charge is 0.251 e. The van der Waals surface area contributed by atoms with Gasteiger partial charge in [-0.3, -0.25) is 4.79 Å². The van der Waals surface area contributed by atoms with Crippen molar-refractivity contribution >= 4 is 49.1 Å². The lowest BCUT2D eigenvalue weighted by molar-refractivity contribution is 0.0954. The highest BCUT2D eigenvalue weighted by Crippen LogP contribution is 2.20. The van der Waals surface area contributed by atoms with Gasteiger partial charge in [0.15, 0.2) is 0 Å². The van der Waals surface area contributed by atoms with Gasteiger partial charge in [-0.15, -0.1) is 11.3 Å². The molecule has 0 radical (unpaired) electrons. The van der Waals surface area contributed by atoms with Gasteiger partial charge in [-0.05, 0) is 25.1 Å². The summed E-state index contributed by atoms with van der Waals surface area (Å²) in [6, 6.07) is 5.50. The largest absolute Gasteiger partial charge is 0.352 e. The molecule has 0 fully saturated rings. The zero-order valence-electron chi connectivity index (χ0n) is 10.2. The van der Waals surface area contributed by atoms with Gasteiger partial charge in [-0.2, -0.15) is 0 Å². The van der Waals surface area contributed by atoms with Crippen molar-refractivity contribution in [2.24, 2.45) is 0 Å². The summed E-state index contributed by atoms with van der Waals surface area (Å²) in [4.78, 5) is 16.3. The van der Waals surface area contributed by atoms with E-state index in [9.17, 15) is 4.79 Å². The van der Waals surface area contributed by atoms with Gasteiger partial charge >= 0.3 is 0 Å². The van der Waals surface area contributed by atoms with Crippen molar-refractivity contribution in [3.8, 4) is 0 Å². The van der Waals surface area contributed by atoms with Crippen molar-refractivity contribution in [1.29, 1.82) is 0 Å². The van der Waals surface area contributed by atoms with Crippen LogP contribution in [0.2, 0.25) is 0 Å². The molecule has 0 aliphatic carbocycles. The van der Waals surface area contributed by atoms with Crippen LogP contribution in [0.3, 0.4) is 0 Å². The molecule has 0 saturated carbocycles. The maximum absolute atomic E-state index is 12.0. The first-order valence-electron chi connectivity index (χ1n) is 5.70. The van der Waals surface area contributed by atoms with Gasteiger partial charge in [0, 0.05) is 32.9 Å². The number of amides is 1. The van der Waals surface area contributed by atoms with Crippen molar-refractivity contribution < 1.29 is 4.79 Å². The summed E-state index contributed by atoms with van der Waals surface area (Å²) in [7, 11) is 0. The highest BCUT2D eigenvalue weighted by Gasteiger charge is 2.07. The number of rotatable bonds is 4. The number of carbonyl (C=O) groups excluding carboxylic acids is 1. The van der Waals surface area contributed by atoms with Gasteiger partial charge in [0.2, 0.25) is 0 Å². The van der Waals surface area contributed by atoms with Crippen LogP contribution < -0.4 is 5.32 Å². The predicted molar refractivity (Wildman–Crippen MR) is 84.7 cm³/mol. The number of halogens is 2. The Balaban J connectivity index is 1.90. The number of carbonyl (C=O) groups is 1. The van der Waals surface area contributed by atoms with Gasteiger partial charge in [-0.25, -0.2) is 4.98 Å². The summed E-state index contributed by atoms with van der Waals surface area (Å²) < 4.78 is 1.75. The molecule has 1 aromatic heterocycles. The Morgan fingerprint density at radius 1 is 1.32 bits per heavy atom. The van der Waals surface area contributed by atoms with Crippen LogP contribution in [0.4, 0.5) is 0 Å². The van der Waals surface area contributed by atoms with Gasteiger partial charge < -0.3 is 5.32 Å². The van der Waals surface area contributed by atoms with E-state index in [-0.39, 0.29) is 5.91 Å². The first kappa shape index (κ1) is 14.7. The molecule has 3 nitrogen and oxygen atoms in total. The van der Waals surface area contributed by atoms with Gasteiger partial charge in [-0.1, -0.05) is 31.9 Å². The molecule has 2 aromatic rings. The normalized spacial score (nSPS) is 10.5. The van der Waals surface area contributed by atoms with Crippen LogP contribution in [-0.2, 0) is 6.42 Å². The average molecular weight is 404 g/mol. The first-order valence-corrected chi connectivity index (χ1v) is 8.16. The second kappa shape index (κ2) is 6.63. The van der Waals surface area contributed by atoms with E-state index in [0.29, 0.717) is 12.1 Å². The van der Waals surface area contributed by atoms with Crippen LogP contribution in [0.5, 0.6) is 0 Å². The molecule has 2 rings (SSSR count). The topological polar surface area (TPSA) is 42.0 Å². The number of aryl methyl sites for hydroxylation is 1. The highest BCUT2D eigenvalue weighted by atomic mass is 79.9. The number of nitrogens with zero attached hydrogens (tertiary/aromatic N) is 1. The molecule has 1 aromatic carbocycles. The lowest BCUT2D eigenvalue weighted by atomic mass is 10.2. The Kier molecular flexibility index (Phi) is 5.13. The third kappa shape index (κ3) is 4.40. The van der Waals surface area contributed by atoms with E-state index >= 15 is 0 Å². The number of hydrogen-bond donors (Lipinski definition) is 1. The van der Waals surface area contributed by atoms with Crippen LogP contribution in [-0.4, -0.2) is 17.4 Å². The molecule has 0 atom stereocenters. The Morgan fingerprint density at radius 3 is 2.58 bits per heavy atom. The molecular formula is C13H12Br2N2OS. The lowest BCUT2D eigenvalue weighted by Gasteiger charge is -2.05. The van der Waals surface area contributed by atoms with Crippen LogP contribution in [0.1, 0.15) is 21.1 Å². The quantitative estimate of drug-likeness (QED) is 0.839. The maximum Gasteiger partial charge on any atom is 0.251 e. The Labute approximate surface area is 132 Å². The summed E-state index contributed by atoms with van der Waals surface area (Å²) in [5.74, 6) is -0.0750. The van der Waals surface area contributed by atoms with Crippen molar-refractivity contribution in [1.82, 2.24) is 10.3 Å². The minimum Gasteiger partial charge on any atom is -0.352 e. The van der Waals surface area contributed by atoms with Crippen LogP contribution in [0.25, 0.3) is 0 Å². The van der Waals surface area contributed by atoms with Gasteiger partial charge in [0.25, 0.3) is 5.91 Å². The second-order valence-corrected chi connectivity index (χ2v) is 6.92. The zero-order valence-corrected chi connectivity index (χ0v) is 14.2. The predicted octanol–water partition coefficient (Wildman–Crippen LogP) is 3.95. The van der Waals surface area contributed by atoms with Crippen molar-refractivity contribution in [3.05, 3.63) is 48.8 Å². The van der Waals surface area contributed by atoms with E-state index in [2.05, 4.69) is 42.2 Å². The molecule has 6 heteroatoms. The molecule has 19 heavy (non-hydrogen) atoms. The molecule has 0 aliphatic heterocycles. The summed E-state index contributed by atoms with van der Waals surface area (Å²) in [6.45, 7) is 2.57. The fraction of sp³-hybridized carbons (Fsp3) is 0.231. The third-order valence-electron chi connectivity index (χ3n) is 2.46. The van der Waals surface area contributed by atoms with E-state index in [1.165, 1.54) is 0 Å². The Bertz CT molecular complexity index is 578. The molecule has 0 saturated heterocycles. The van der Waals surface area contributed by atoms with Crippen LogP contribution >= 0.6 is 43.2 Å². The number of nitrogens with one attached hydrogen (secondary N) is 1. The Hall–Kier alpha value is -0.720. The number of thiazole rings is 1. The molecular weight excluding hydrogens is 392 g/mol. The first-order chi connectivity index (χ1) is 9.04. The van der Waals surface area contributed by atoms with E-state index < -0.39 is 0 Å². The van der Waals surface area contributed by atoms with E-state index in [1.807, 2.05) is 18.4 Å². The number of aromatic nitrogens is 1. The molecule has 1 heterocycles. The fourth-order valence-electron chi connectivity index (χ4n) is 1.61. The minimum absolute atomic E-state index is 0.0750. The SMILES string of the molecule is Cc1nc(CCNC(=O)c2cc(Br)cc(Br)c2)cs1. The second-order valence-electron chi connectivity index (χ2n) is 4.02.